The number of rotatable bonds is 4. The van der Waals surface area contributed by atoms with Crippen LogP contribution in [0.4, 0.5) is 11.5 Å². The zero-order valence-electron chi connectivity index (χ0n) is 14.2. The summed E-state index contributed by atoms with van der Waals surface area (Å²) in [4.78, 5) is 16.3. The van der Waals surface area contributed by atoms with Crippen LogP contribution in [-0.2, 0) is 6.42 Å². The zero-order valence-corrected chi connectivity index (χ0v) is 14.2. The molecule has 0 saturated heterocycles. The molecule has 122 valence electrons. The Morgan fingerprint density at radius 2 is 2.08 bits per heavy atom. The average molecular weight is 319 g/mol. The van der Waals surface area contributed by atoms with Gasteiger partial charge in [-0.05, 0) is 55.7 Å². The van der Waals surface area contributed by atoms with Crippen molar-refractivity contribution in [2.24, 2.45) is 4.99 Å². The van der Waals surface area contributed by atoms with Crippen molar-refractivity contribution in [3.63, 3.8) is 0 Å². The van der Waals surface area contributed by atoms with Gasteiger partial charge in [-0.3, -0.25) is 0 Å². The molecule has 24 heavy (non-hydrogen) atoms. The van der Waals surface area contributed by atoms with Gasteiger partial charge in [0.1, 0.15) is 11.7 Å². The molecule has 0 radical (unpaired) electrons. The highest BCUT2D eigenvalue weighted by atomic mass is 15.0. The van der Waals surface area contributed by atoms with Crippen LogP contribution in [0.25, 0.3) is 11.3 Å². The SMILES string of the molecule is CCc1ccnc(N/C(C)=N/c2ccc(-c3c[nH]cn3)cc2C)c1. The van der Waals surface area contributed by atoms with Gasteiger partial charge in [-0.1, -0.05) is 13.0 Å². The molecule has 0 fully saturated rings. The lowest BCUT2D eigenvalue weighted by atomic mass is 10.1. The van der Waals surface area contributed by atoms with E-state index in [1.54, 1.807) is 6.33 Å². The highest BCUT2D eigenvalue weighted by Crippen LogP contribution is 2.25. The van der Waals surface area contributed by atoms with Gasteiger partial charge >= 0.3 is 0 Å². The lowest BCUT2D eigenvalue weighted by Gasteiger charge is -2.08. The molecule has 0 amide bonds. The molecule has 0 unspecified atom stereocenters. The largest absolute Gasteiger partial charge is 0.351 e. The summed E-state index contributed by atoms with van der Waals surface area (Å²) in [6.45, 7) is 6.13. The Hall–Kier alpha value is -2.95. The number of imidazole rings is 1. The average Bonchev–Trinajstić information content (AvgIpc) is 3.11. The molecule has 1 aromatic carbocycles. The van der Waals surface area contributed by atoms with Gasteiger partial charge in [-0.25, -0.2) is 15.0 Å². The Balaban J connectivity index is 1.79. The van der Waals surface area contributed by atoms with Crippen molar-refractivity contribution >= 4 is 17.3 Å². The predicted octanol–water partition coefficient (Wildman–Crippen LogP) is 4.50. The summed E-state index contributed by atoms with van der Waals surface area (Å²) in [7, 11) is 0. The summed E-state index contributed by atoms with van der Waals surface area (Å²) in [6.07, 6.45) is 6.37. The maximum atomic E-state index is 4.67. The Morgan fingerprint density at radius 1 is 1.21 bits per heavy atom. The number of amidine groups is 1. The molecule has 0 aliphatic carbocycles. The van der Waals surface area contributed by atoms with Gasteiger partial charge in [0.15, 0.2) is 0 Å². The number of anilines is 1. The summed E-state index contributed by atoms with van der Waals surface area (Å²) in [5.41, 5.74) is 5.30. The summed E-state index contributed by atoms with van der Waals surface area (Å²) in [5.74, 6) is 1.63. The molecule has 5 nitrogen and oxygen atoms in total. The third-order valence-corrected chi connectivity index (χ3v) is 3.82. The van der Waals surface area contributed by atoms with Crippen molar-refractivity contribution in [2.45, 2.75) is 27.2 Å². The highest BCUT2D eigenvalue weighted by molar-refractivity contribution is 5.94. The molecule has 2 heterocycles. The molecule has 3 rings (SSSR count). The molecular formula is C19H21N5. The van der Waals surface area contributed by atoms with Gasteiger partial charge < -0.3 is 10.3 Å². The second kappa shape index (κ2) is 7.08. The summed E-state index contributed by atoms with van der Waals surface area (Å²) >= 11 is 0. The summed E-state index contributed by atoms with van der Waals surface area (Å²) in [6, 6.07) is 10.2. The fourth-order valence-corrected chi connectivity index (χ4v) is 2.51. The fourth-order valence-electron chi connectivity index (χ4n) is 2.51. The van der Waals surface area contributed by atoms with Crippen LogP contribution in [0.5, 0.6) is 0 Å². The van der Waals surface area contributed by atoms with Gasteiger partial charge in [0.05, 0.1) is 17.7 Å². The smallest absolute Gasteiger partial charge is 0.131 e. The quantitative estimate of drug-likeness (QED) is 0.549. The Bertz CT molecular complexity index is 850. The number of aromatic nitrogens is 3. The number of benzene rings is 1. The lowest BCUT2D eigenvalue weighted by molar-refractivity contribution is 1.12. The summed E-state index contributed by atoms with van der Waals surface area (Å²) in [5, 5.41) is 3.26. The molecule has 0 spiro atoms. The van der Waals surface area contributed by atoms with E-state index in [2.05, 4.69) is 45.2 Å². The van der Waals surface area contributed by atoms with E-state index in [0.29, 0.717) is 0 Å². The maximum absolute atomic E-state index is 4.67. The summed E-state index contributed by atoms with van der Waals surface area (Å²) < 4.78 is 0. The van der Waals surface area contributed by atoms with Crippen molar-refractivity contribution in [1.29, 1.82) is 0 Å². The molecule has 0 saturated carbocycles. The first kappa shape index (κ1) is 15.9. The van der Waals surface area contributed by atoms with Crippen LogP contribution in [0.2, 0.25) is 0 Å². The topological polar surface area (TPSA) is 66.0 Å². The lowest BCUT2D eigenvalue weighted by Crippen LogP contribution is -2.08. The van der Waals surface area contributed by atoms with Crippen molar-refractivity contribution in [2.75, 3.05) is 5.32 Å². The van der Waals surface area contributed by atoms with E-state index in [4.69, 9.17) is 0 Å². The van der Waals surface area contributed by atoms with Crippen LogP contribution in [0.1, 0.15) is 25.0 Å². The van der Waals surface area contributed by atoms with Crippen molar-refractivity contribution < 1.29 is 0 Å². The van der Waals surface area contributed by atoms with Gasteiger partial charge in [0.25, 0.3) is 0 Å². The Kier molecular flexibility index (Phi) is 4.70. The monoisotopic (exact) mass is 319 g/mol. The van der Waals surface area contributed by atoms with Crippen LogP contribution >= 0.6 is 0 Å². The molecule has 3 aromatic rings. The molecule has 0 atom stereocenters. The third kappa shape index (κ3) is 3.68. The van der Waals surface area contributed by atoms with Gasteiger partial charge in [-0.2, -0.15) is 0 Å². The molecule has 0 aliphatic heterocycles. The van der Waals surface area contributed by atoms with E-state index in [0.717, 1.165) is 40.6 Å². The number of aryl methyl sites for hydroxylation is 2. The minimum Gasteiger partial charge on any atom is -0.351 e. The van der Waals surface area contributed by atoms with Crippen LogP contribution in [0.3, 0.4) is 0 Å². The number of H-pyrrole nitrogens is 1. The van der Waals surface area contributed by atoms with Crippen LogP contribution in [-0.4, -0.2) is 20.8 Å². The van der Waals surface area contributed by atoms with E-state index >= 15 is 0 Å². The van der Waals surface area contributed by atoms with E-state index in [9.17, 15) is 0 Å². The van der Waals surface area contributed by atoms with Crippen molar-refractivity contribution in [3.8, 4) is 11.3 Å². The minimum atomic E-state index is 0.811. The van der Waals surface area contributed by atoms with Gasteiger partial charge in [0.2, 0.25) is 0 Å². The fraction of sp³-hybridized carbons (Fsp3) is 0.211. The first-order valence-electron chi connectivity index (χ1n) is 8.02. The second-order valence-corrected chi connectivity index (χ2v) is 5.68. The zero-order chi connectivity index (χ0) is 16.9. The first-order valence-corrected chi connectivity index (χ1v) is 8.02. The number of nitrogens with one attached hydrogen (secondary N) is 2. The molecule has 5 heteroatoms. The number of aliphatic imine (C=N–C) groups is 1. The number of pyridine rings is 1. The standard InChI is InChI=1S/C19H21N5/c1-4-15-7-8-21-19(10-15)24-14(3)23-17-6-5-16(9-13(17)2)18-11-20-12-22-18/h5-12H,4H2,1-3H3,(H,20,22)(H,21,23,24). The normalized spacial score (nSPS) is 11.5. The molecule has 2 N–H and O–H groups in total. The molecule has 0 aliphatic rings. The van der Waals surface area contributed by atoms with E-state index in [-0.39, 0.29) is 0 Å². The second-order valence-electron chi connectivity index (χ2n) is 5.68. The number of hydrogen-bond donors (Lipinski definition) is 2. The van der Waals surface area contributed by atoms with Gasteiger partial charge in [-0.15, -0.1) is 0 Å². The molecule has 0 bridgehead atoms. The highest BCUT2D eigenvalue weighted by Gasteiger charge is 2.04. The molecule has 2 aromatic heterocycles. The number of hydrogen-bond acceptors (Lipinski definition) is 3. The van der Waals surface area contributed by atoms with Crippen molar-refractivity contribution in [1.82, 2.24) is 15.0 Å². The first-order chi connectivity index (χ1) is 11.7. The van der Waals surface area contributed by atoms with E-state index < -0.39 is 0 Å². The Labute approximate surface area is 141 Å². The van der Waals surface area contributed by atoms with Crippen LogP contribution in [0, 0.1) is 6.92 Å². The predicted molar refractivity (Wildman–Crippen MR) is 98.8 cm³/mol. The maximum Gasteiger partial charge on any atom is 0.131 e. The van der Waals surface area contributed by atoms with E-state index in [1.807, 2.05) is 43.6 Å². The molecular weight excluding hydrogens is 298 g/mol. The van der Waals surface area contributed by atoms with Crippen LogP contribution in [0.15, 0.2) is 54.0 Å². The Morgan fingerprint density at radius 3 is 2.79 bits per heavy atom. The number of nitrogens with zero attached hydrogens (tertiary/aromatic N) is 3. The van der Waals surface area contributed by atoms with Crippen LogP contribution < -0.4 is 5.32 Å². The van der Waals surface area contributed by atoms with E-state index in [1.165, 1.54) is 5.56 Å². The van der Waals surface area contributed by atoms with Gasteiger partial charge in [0, 0.05) is 18.0 Å². The number of aromatic amines is 1. The minimum absolute atomic E-state index is 0.811. The van der Waals surface area contributed by atoms with Crippen molar-refractivity contribution in [3.05, 3.63) is 60.2 Å². The third-order valence-electron chi connectivity index (χ3n) is 3.82.